The van der Waals surface area contributed by atoms with Crippen LogP contribution in [0.4, 0.5) is 5.69 Å². The highest BCUT2D eigenvalue weighted by atomic mass is 127. The Labute approximate surface area is 101 Å². The lowest BCUT2D eigenvalue weighted by Crippen LogP contribution is -3.00. The Hall–Kier alpha value is -0.620. The molecule has 1 aromatic carbocycles. The number of para-hydroxylation sites is 1. The Balaban J connectivity index is 0.00000169. The van der Waals surface area contributed by atoms with Crippen molar-refractivity contribution in [3.05, 3.63) is 29.8 Å². The maximum atomic E-state index is 10.9. The van der Waals surface area contributed by atoms with Gasteiger partial charge in [-0.2, -0.15) is 0 Å². The molecule has 0 amide bonds. The number of aromatic carboxylic acids is 1. The first-order valence-electron chi connectivity index (χ1n) is 4.07. The largest absolute Gasteiger partial charge is 1.00 e. The zero-order valence-electron chi connectivity index (χ0n) is 8.49. The van der Waals surface area contributed by atoms with Crippen molar-refractivity contribution in [2.45, 2.75) is 0 Å². The fourth-order valence-electron chi connectivity index (χ4n) is 1.24. The van der Waals surface area contributed by atoms with Gasteiger partial charge in [0.15, 0.2) is 0 Å². The van der Waals surface area contributed by atoms with E-state index in [0.29, 0.717) is 10.0 Å². The Morgan fingerprint density at radius 2 is 1.71 bits per heavy atom. The molecule has 14 heavy (non-hydrogen) atoms. The summed E-state index contributed by atoms with van der Waals surface area (Å²) in [5.74, 6) is -0.872. The standard InChI is InChI=1S/C10H13NO2.HI/c1-11(2,3)9-7-5-4-6-8(9)10(12)13;/h4-7H,1-3H3;1H. The van der Waals surface area contributed by atoms with Crippen LogP contribution in [0.2, 0.25) is 0 Å². The van der Waals surface area contributed by atoms with Crippen molar-refractivity contribution in [1.29, 1.82) is 0 Å². The minimum absolute atomic E-state index is 0. The van der Waals surface area contributed by atoms with Crippen molar-refractivity contribution < 1.29 is 33.9 Å². The molecular weight excluding hydrogens is 293 g/mol. The molecule has 0 radical (unpaired) electrons. The minimum Gasteiger partial charge on any atom is -1.00 e. The molecule has 4 heteroatoms. The third kappa shape index (κ3) is 2.95. The summed E-state index contributed by atoms with van der Waals surface area (Å²) in [5.41, 5.74) is 1.19. The van der Waals surface area contributed by atoms with Gasteiger partial charge < -0.3 is 29.1 Å². The highest BCUT2D eigenvalue weighted by Crippen LogP contribution is 2.21. The van der Waals surface area contributed by atoms with E-state index >= 15 is 0 Å². The van der Waals surface area contributed by atoms with Gasteiger partial charge in [0, 0.05) is 6.07 Å². The molecule has 0 atom stereocenters. The number of nitrogens with zero attached hydrogens (tertiary/aromatic N) is 1. The molecule has 1 rings (SSSR count). The van der Waals surface area contributed by atoms with E-state index in [4.69, 9.17) is 5.11 Å². The van der Waals surface area contributed by atoms with Gasteiger partial charge in [0.2, 0.25) is 0 Å². The second kappa shape index (κ2) is 4.75. The third-order valence-corrected chi connectivity index (χ3v) is 1.86. The summed E-state index contributed by atoms with van der Waals surface area (Å²) in [4.78, 5) is 10.9. The second-order valence-electron chi connectivity index (χ2n) is 3.83. The summed E-state index contributed by atoms with van der Waals surface area (Å²) < 4.78 is 0.516. The topological polar surface area (TPSA) is 37.3 Å². The predicted octanol–water partition coefficient (Wildman–Crippen LogP) is -1.41. The van der Waals surface area contributed by atoms with E-state index in [2.05, 4.69) is 0 Å². The van der Waals surface area contributed by atoms with Gasteiger partial charge in [-0.15, -0.1) is 0 Å². The zero-order valence-corrected chi connectivity index (χ0v) is 10.6. The maximum absolute atomic E-state index is 10.9. The van der Waals surface area contributed by atoms with Crippen LogP contribution < -0.4 is 28.5 Å². The number of carboxylic acids is 1. The predicted molar refractivity (Wildman–Crippen MR) is 53.0 cm³/mol. The van der Waals surface area contributed by atoms with Crippen molar-refractivity contribution >= 4 is 11.7 Å². The Kier molecular flexibility index (Phi) is 4.54. The molecule has 0 unspecified atom stereocenters. The van der Waals surface area contributed by atoms with Gasteiger partial charge in [-0.3, -0.25) is 4.48 Å². The molecule has 0 aromatic heterocycles. The van der Waals surface area contributed by atoms with Crippen molar-refractivity contribution in [1.82, 2.24) is 4.48 Å². The number of benzene rings is 1. The fourth-order valence-corrected chi connectivity index (χ4v) is 1.24. The van der Waals surface area contributed by atoms with Gasteiger partial charge >= 0.3 is 5.97 Å². The zero-order chi connectivity index (χ0) is 10.1. The number of hydrogen-bond donors (Lipinski definition) is 1. The summed E-state index contributed by atoms with van der Waals surface area (Å²) in [5, 5.41) is 8.92. The molecule has 0 saturated heterocycles. The molecule has 78 valence electrons. The first-order valence-corrected chi connectivity index (χ1v) is 4.07. The van der Waals surface area contributed by atoms with Crippen LogP contribution in [0.25, 0.3) is 0 Å². The average molecular weight is 307 g/mol. The number of rotatable bonds is 2. The Bertz CT molecular complexity index is 331. The third-order valence-electron chi connectivity index (χ3n) is 1.86. The van der Waals surface area contributed by atoms with Crippen LogP contribution in [0, 0.1) is 0 Å². The lowest BCUT2D eigenvalue weighted by molar-refractivity contribution is -0.0000185. The van der Waals surface area contributed by atoms with Crippen molar-refractivity contribution in [2.24, 2.45) is 0 Å². The van der Waals surface area contributed by atoms with E-state index in [1.165, 1.54) is 0 Å². The number of halogens is 1. The van der Waals surface area contributed by atoms with Gasteiger partial charge in [-0.1, -0.05) is 12.1 Å². The first-order chi connectivity index (χ1) is 5.93. The highest BCUT2D eigenvalue weighted by molar-refractivity contribution is 5.93. The van der Waals surface area contributed by atoms with E-state index in [9.17, 15) is 4.79 Å². The lowest BCUT2D eigenvalue weighted by Gasteiger charge is -2.24. The van der Waals surface area contributed by atoms with Crippen LogP contribution >= 0.6 is 0 Å². The number of carbonyl (C=O) groups is 1. The van der Waals surface area contributed by atoms with Crippen LogP contribution in [0.1, 0.15) is 10.4 Å². The number of hydrogen-bond acceptors (Lipinski definition) is 1. The second-order valence-corrected chi connectivity index (χ2v) is 3.83. The quantitative estimate of drug-likeness (QED) is 0.538. The Morgan fingerprint density at radius 1 is 1.21 bits per heavy atom. The van der Waals surface area contributed by atoms with Crippen molar-refractivity contribution in [3.63, 3.8) is 0 Å². The number of carboxylic acid groups (broad SMARTS) is 1. The SMILES string of the molecule is C[N+](C)(C)c1ccccc1C(=O)O.[I-]. The average Bonchev–Trinajstić information content (AvgIpc) is 2.03. The highest BCUT2D eigenvalue weighted by Gasteiger charge is 2.20. The van der Waals surface area contributed by atoms with Gasteiger partial charge in [0.1, 0.15) is 11.3 Å². The molecule has 0 aliphatic rings. The van der Waals surface area contributed by atoms with Gasteiger partial charge in [-0.05, 0) is 6.07 Å². The van der Waals surface area contributed by atoms with E-state index < -0.39 is 5.97 Å². The summed E-state index contributed by atoms with van der Waals surface area (Å²) in [6.45, 7) is 0. The summed E-state index contributed by atoms with van der Waals surface area (Å²) in [6.07, 6.45) is 0. The maximum Gasteiger partial charge on any atom is 0.341 e. The lowest BCUT2D eigenvalue weighted by atomic mass is 10.1. The van der Waals surface area contributed by atoms with Crippen LogP contribution in [-0.4, -0.2) is 32.2 Å². The summed E-state index contributed by atoms with van der Waals surface area (Å²) in [7, 11) is 5.84. The fraction of sp³-hybridized carbons (Fsp3) is 0.300. The molecule has 0 saturated carbocycles. The van der Waals surface area contributed by atoms with Crippen LogP contribution in [0.5, 0.6) is 0 Å². The van der Waals surface area contributed by atoms with Gasteiger partial charge in [0.05, 0.1) is 21.1 Å². The molecule has 0 fully saturated rings. The first kappa shape index (κ1) is 13.4. The molecule has 0 heterocycles. The monoisotopic (exact) mass is 307 g/mol. The molecule has 1 aromatic rings. The van der Waals surface area contributed by atoms with Gasteiger partial charge in [0.25, 0.3) is 0 Å². The minimum atomic E-state index is -0.872. The van der Waals surface area contributed by atoms with Crippen molar-refractivity contribution in [2.75, 3.05) is 21.1 Å². The summed E-state index contributed by atoms with van der Waals surface area (Å²) >= 11 is 0. The van der Waals surface area contributed by atoms with Gasteiger partial charge in [-0.25, -0.2) is 4.79 Å². The van der Waals surface area contributed by atoms with E-state index in [-0.39, 0.29) is 24.0 Å². The molecule has 0 aliphatic heterocycles. The molecule has 0 aliphatic carbocycles. The summed E-state index contributed by atoms with van der Waals surface area (Å²) in [6, 6.07) is 7.05. The molecule has 0 spiro atoms. The van der Waals surface area contributed by atoms with Crippen LogP contribution in [0.15, 0.2) is 24.3 Å². The van der Waals surface area contributed by atoms with Crippen molar-refractivity contribution in [3.8, 4) is 0 Å². The molecular formula is C10H14INO2. The van der Waals surface area contributed by atoms with E-state index in [1.807, 2.05) is 33.3 Å². The molecule has 0 bridgehead atoms. The van der Waals surface area contributed by atoms with Crippen LogP contribution in [-0.2, 0) is 0 Å². The molecule has 1 N–H and O–H groups in total. The molecule has 3 nitrogen and oxygen atoms in total. The van der Waals surface area contributed by atoms with E-state index in [1.54, 1.807) is 12.1 Å². The Morgan fingerprint density at radius 3 is 2.07 bits per heavy atom. The van der Waals surface area contributed by atoms with E-state index in [0.717, 1.165) is 5.69 Å². The smallest absolute Gasteiger partial charge is 0.341 e. The normalized spacial score (nSPS) is 10.5. The number of quaternary nitrogens is 1. The van der Waals surface area contributed by atoms with Crippen LogP contribution in [0.3, 0.4) is 0 Å².